The number of allylic oxidation sites excluding steroid dienone is 2. The average molecular weight is 732 g/mol. The highest BCUT2D eigenvalue weighted by molar-refractivity contribution is 6.88. The Morgan fingerprint density at radius 1 is 1.12 bits per heavy atom. The first-order valence-corrected chi connectivity index (χ1v) is 24.1. The Balaban J connectivity index is 2.07. The first-order chi connectivity index (χ1) is 23.1. The second kappa shape index (κ2) is 16.9. The third-order valence-corrected chi connectivity index (χ3v) is 15.9. The number of ketones is 1. The molecule has 2 bridgehead atoms. The van der Waals surface area contributed by atoms with Gasteiger partial charge in [-0.15, -0.1) is 0 Å². The van der Waals surface area contributed by atoms with Gasteiger partial charge in [-0.2, -0.15) is 0 Å². The van der Waals surface area contributed by atoms with Gasteiger partial charge in [0.2, 0.25) is 11.8 Å². The van der Waals surface area contributed by atoms with E-state index in [1.165, 1.54) is 11.0 Å². The molecule has 3 rings (SSSR count). The van der Waals surface area contributed by atoms with Crippen LogP contribution in [0.5, 0.6) is 0 Å². The molecule has 1 unspecified atom stereocenters. The van der Waals surface area contributed by atoms with Gasteiger partial charge >= 0.3 is 5.97 Å². The highest BCUT2D eigenvalue weighted by Gasteiger charge is 2.42. The van der Waals surface area contributed by atoms with Crippen LogP contribution in [-0.2, 0) is 30.0 Å². The summed E-state index contributed by atoms with van der Waals surface area (Å²) < 4.78 is 32.8. The topological polar surface area (TPSA) is 128 Å². The Hall–Kier alpha value is -3.17. The number of cyclic esters (lactones) is 1. The second-order valence-corrected chi connectivity index (χ2v) is 26.0. The van der Waals surface area contributed by atoms with E-state index in [-0.39, 0.29) is 47.7 Å². The molecule has 2 aliphatic rings. The van der Waals surface area contributed by atoms with E-state index in [2.05, 4.69) is 44.2 Å². The molecular weight excluding hydrogens is 674 g/mol. The van der Waals surface area contributed by atoms with E-state index in [4.69, 9.17) is 13.6 Å². The molecule has 3 heterocycles. The van der Waals surface area contributed by atoms with E-state index in [9.17, 15) is 23.6 Å². The predicted octanol–water partition coefficient (Wildman–Crippen LogP) is 6.06. The van der Waals surface area contributed by atoms with E-state index >= 15 is 0 Å². The van der Waals surface area contributed by atoms with Crippen molar-refractivity contribution in [2.75, 3.05) is 19.8 Å². The lowest BCUT2D eigenvalue weighted by atomic mass is 9.93. The zero-order chi connectivity index (χ0) is 37.6. The molecular formula is C37H58FN3O7Si2. The van der Waals surface area contributed by atoms with Gasteiger partial charge in [0.25, 0.3) is 5.91 Å². The predicted molar refractivity (Wildman–Crippen MR) is 198 cm³/mol. The van der Waals surface area contributed by atoms with Crippen molar-refractivity contribution in [3.05, 3.63) is 47.5 Å². The summed E-state index contributed by atoms with van der Waals surface area (Å²) in [5.74, 6) is -2.53. The van der Waals surface area contributed by atoms with Crippen LogP contribution in [0.2, 0.25) is 37.8 Å². The Morgan fingerprint density at radius 3 is 2.42 bits per heavy atom. The number of oxazole rings is 1. The summed E-state index contributed by atoms with van der Waals surface area (Å²) in [6.07, 6.45) is 8.16. The minimum absolute atomic E-state index is 0.0868. The number of carbonyl (C=O) groups excluding carboxylic acids is 4. The van der Waals surface area contributed by atoms with Crippen LogP contribution in [0.1, 0.15) is 77.2 Å². The van der Waals surface area contributed by atoms with Gasteiger partial charge in [0.05, 0.1) is 19.2 Å². The van der Waals surface area contributed by atoms with Gasteiger partial charge in [-0.05, 0) is 44.0 Å². The lowest BCUT2D eigenvalue weighted by molar-refractivity contribution is -0.158. The van der Waals surface area contributed by atoms with Crippen molar-refractivity contribution < 1.29 is 37.1 Å². The number of hydrogen-bond donors (Lipinski definition) is 1. The molecule has 2 aliphatic heterocycles. The molecule has 1 aromatic rings. The maximum Gasteiger partial charge on any atom is 0.329 e. The molecule has 1 saturated heterocycles. The number of halogens is 1. The van der Waals surface area contributed by atoms with Crippen molar-refractivity contribution in [2.45, 2.75) is 123 Å². The summed E-state index contributed by atoms with van der Waals surface area (Å²) in [6, 6.07) is -0.885. The fourth-order valence-electron chi connectivity index (χ4n) is 5.84. The summed E-state index contributed by atoms with van der Waals surface area (Å²) in [4.78, 5) is 60.1. The number of rotatable bonds is 5. The van der Waals surface area contributed by atoms with Crippen LogP contribution in [0.15, 0.2) is 40.4 Å². The van der Waals surface area contributed by atoms with Crippen molar-refractivity contribution in [1.82, 2.24) is 15.2 Å². The van der Waals surface area contributed by atoms with Gasteiger partial charge in [0.1, 0.15) is 31.4 Å². The molecule has 0 saturated carbocycles. The molecule has 5 atom stereocenters. The molecule has 2 amide bonds. The zero-order valence-electron chi connectivity index (χ0n) is 31.9. The molecule has 13 heteroatoms. The molecule has 0 aromatic carbocycles. The number of ether oxygens (including phenoxy) is 1. The average Bonchev–Trinajstić information content (AvgIpc) is 3.67. The summed E-state index contributed by atoms with van der Waals surface area (Å²) in [5, 5.41) is 3.18. The van der Waals surface area contributed by atoms with Gasteiger partial charge in [-0.25, -0.2) is 9.78 Å². The quantitative estimate of drug-likeness (QED) is 0.286. The number of hydrogen-bond acceptors (Lipinski definition) is 8. The van der Waals surface area contributed by atoms with Crippen molar-refractivity contribution in [3.63, 3.8) is 0 Å². The Bertz CT molecular complexity index is 1490. The maximum absolute atomic E-state index is 14.1. The van der Waals surface area contributed by atoms with E-state index in [1.54, 1.807) is 19.9 Å². The van der Waals surface area contributed by atoms with Crippen LogP contribution >= 0.6 is 0 Å². The fraction of sp³-hybridized carbons (Fsp3) is 0.649. The van der Waals surface area contributed by atoms with Gasteiger partial charge in [0.15, 0.2) is 14.0 Å². The number of Topliss-reactive ketones (excluding diaryl/α,β-unsaturated/α-hetero) is 1. The minimum atomic E-state index is -2.28. The number of amides is 2. The lowest BCUT2D eigenvalue weighted by Gasteiger charge is -2.38. The SMILES string of the molecule is CC1=CC(O[Si](C)(C)C(C)(C)C)CC(=O)Cc2nc(c([Si](C)(C)C)o2)C(=O)N2CCC[C@@H]2C(=O)O[C@H]([C@H](C)CF)[C@H](C)/C=C/C(=O)NCC=C1. The number of fused-ring (bicyclic) bond motifs is 3. The van der Waals surface area contributed by atoms with Crippen LogP contribution in [0, 0.1) is 11.8 Å². The maximum atomic E-state index is 14.1. The number of nitrogens with zero attached hydrogens (tertiary/aromatic N) is 2. The third kappa shape index (κ3) is 10.9. The monoisotopic (exact) mass is 731 g/mol. The summed E-state index contributed by atoms with van der Waals surface area (Å²) >= 11 is 0. The number of alkyl halides is 1. The molecule has 1 aromatic heterocycles. The van der Waals surface area contributed by atoms with Gasteiger partial charge in [-0.3, -0.25) is 18.8 Å². The molecule has 1 fully saturated rings. The highest BCUT2D eigenvalue weighted by Crippen LogP contribution is 2.38. The molecule has 0 aliphatic carbocycles. The summed E-state index contributed by atoms with van der Waals surface area (Å²) in [5.41, 5.74) is 0.990. The molecule has 50 heavy (non-hydrogen) atoms. The Labute approximate surface area is 299 Å². The van der Waals surface area contributed by atoms with Crippen LogP contribution in [0.25, 0.3) is 0 Å². The standard InChI is InChI=1S/C37H58FN3O7Si2/c1-24-14-12-18-39-30(43)17-16-25(2)33(26(3)23-38)47-35(45)29-15-13-19-41(29)34(44)32-36(49(7,8)9)46-31(40-32)22-27(42)21-28(20-24)48-50(10,11)37(4,5)6/h12,14,16-17,20,25-26,28-29,33H,13,15,18-19,21-23H2,1-11H3,(H,39,43)/b14-12?,17-16+,24-20?/t25-,26-,28?,29-,33+/m1/s1. The van der Waals surface area contributed by atoms with Gasteiger partial charge in [0, 0.05) is 31.3 Å². The van der Waals surface area contributed by atoms with Crippen LogP contribution in [0.3, 0.4) is 0 Å². The van der Waals surface area contributed by atoms with Gasteiger partial charge < -0.3 is 23.8 Å². The van der Waals surface area contributed by atoms with Crippen molar-refractivity contribution in [2.24, 2.45) is 11.8 Å². The van der Waals surface area contributed by atoms with Crippen molar-refractivity contribution in [3.8, 4) is 0 Å². The fourth-order valence-corrected chi connectivity index (χ4v) is 8.40. The van der Waals surface area contributed by atoms with Crippen LogP contribution < -0.4 is 10.7 Å². The van der Waals surface area contributed by atoms with Crippen molar-refractivity contribution in [1.29, 1.82) is 0 Å². The molecule has 10 nitrogen and oxygen atoms in total. The number of carbonyl (C=O) groups is 4. The van der Waals surface area contributed by atoms with Crippen LogP contribution in [0.4, 0.5) is 4.39 Å². The summed E-state index contributed by atoms with van der Waals surface area (Å²) in [7, 11) is -4.56. The van der Waals surface area contributed by atoms with E-state index < -0.39 is 65.0 Å². The van der Waals surface area contributed by atoms with E-state index in [1.807, 2.05) is 44.8 Å². The molecule has 1 N–H and O–H groups in total. The minimum Gasteiger partial charge on any atom is -0.460 e. The van der Waals surface area contributed by atoms with Gasteiger partial charge in [-0.1, -0.05) is 84.1 Å². The van der Waals surface area contributed by atoms with Crippen molar-refractivity contribution >= 4 is 45.3 Å². The Kier molecular flexibility index (Phi) is 13.9. The van der Waals surface area contributed by atoms with Crippen LogP contribution in [-0.4, -0.2) is 87.9 Å². The molecule has 0 spiro atoms. The lowest BCUT2D eigenvalue weighted by Crippen LogP contribution is -2.47. The first-order valence-electron chi connectivity index (χ1n) is 17.7. The zero-order valence-corrected chi connectivity index (χ0v) is 33.9. The third-order valence-electron chi connectivity index (χ3n) is 9.72. The number of esters is 1. The van der Waals surface area contributed by atoms with E-state index in [0.29, 0.717) is 24.8 Å². The summed E-state index contributed by atoms with van der Waals surface area (Å²) in [6.45, 7) is 22.0. The first kappa shape index (κ1) is 41.3. The van der Waals surface area contributed by atoms with E-state index in [0.717, 1.165) is 5.57 Å². The Morgan fingerprint density at radius 2 is 1.80 bits per heavy atom. The smallest absolute Gasteiger partial charge is 0.329 e. The normalized spacial score (nSPS) is 25.4. The highest BCUT2D eigenvalue weighted by atomic mass is 28.4. The molecule has 278 valence electrons. The molecule has 0 radical (unpaired) electrons. The number of nitrogens with one attached hydrogen (secondary N) is 1. The number of aromatic nitrogens is 1. The second-order valence-electron chi connectivity index (χ2n) is 16.3. The largest absolute Gasteiger partial charge is 0.460 e.